The average molecular weight is 408 g/mol. The lowest BCUT2D eigenvalue weighted by atomic mass is 10.1. The number of aromatic nitrogens is 2. The molecule has 0 saturated heterocycles. The minimum absolute atomic E-state index is 0.0986. The van der Waals surface area contributed by atoms with Crippen molar-refractivity contribution in [2.24, 2.45) is 0 Å². The number of carbonyl (C=O) groups excluding carboxylic acids is 1. The van der Waals surface area contributed by atoms with E-state index in [4.69, 9.17) is 10.5 Å². The molecule has 0 bridgehead atoms. The number of aromatic amines is 1. The van der Waals surface area contributed by atoms with Crippen molar-refractivity contribution in [3.63, 3.8) is 0 Å². The van der Waals surface area contributed by atoms with Crippen molar-refractivity contribution in [3.8, 4) is 0 Å². The van der Waals surface area contributed by atoms with Gasteiger partial charge in [0.05, 0.1) is 24.2 Å². The quantitative estimate of drug-likeness (QED) is 0.661. The normalized spacial score (nSPS) is 15.7. The first-order chi connectivity index (χ1) is 14.4. The maximum absolute atomic E-state index is 14.7. The fourth-order valence-corrected chi connectivity index (χ4v) is 4.14. The van der Waals surface area contributed by atoms with Gasteiger partial charge < -0.3 is 20.4 Å². The highest BCUT2D eigenvalue weighted by Crippen LogP contribution is 2.40. The molecule has 3 heterocycles. The first-order valence-electron chi connectivity index (χ1n) is 10.4. The number of pyridine rings is 1. The number of rotatable bonds is 5. The molecule has 3 aromatic rings. The maximum Gasteiger partial charge on any atom is 0.270 e. The number of nitrogens with one attached hydrogen (secondary N) is 1. The Hall–Kier alpha value is -2.93. The Labute approximate surface area is 174 Å². The van der Waals surface area contributed by atoms with Gasteiger partial charge in [-0.3, -0.25) is 4.79 Å². The molecule has 6 nitrogen and oxygen atoms in total. The molecular formula is C23H25FN4O2. The number of nitrogens with two attached hydrogens (primary N) is 1. The minimum atomic E-state index is -0.251. The van der Waals surface area contributed by atoms with Gasteiger partial charge in [-0.1, -0.05) is 12.1 Å². The number of H-pyrrole nitrogens is 1. The van der Waals surface area contributed by atoms with Gasteiger partial charge in [-0.15, -0.1) is 0 Å². The molecule has 1 amide bonds. The highest BCUT2D eigenvalue weighted by atomic mass is 19.1. The van der Waals surface area contributed by atoms with E-state index in [0.717, 1.165) is 35.0 Å². The summed E-state index contributed by atoms with van der Waals surface area (Å²) in [6.45, 7) is 4.94. The number of hydrogen-bond acceptors (Lipinski definition) is 4. The minimum Gasteiger partial charge on any atom is -0.383 e. The van der Waals surface area contributed by atoms with Gasteiger partial charge in [0.1, 0.15) is 17.3 Å². The van der Waals surface area contributed by atoms with Crippen molar-refractivity contribution >= 4 is 22.8 Å². The lowest BCUT2D eigenvalue weighted by Gasteiger charge is -2.26. The van der Waals surface area contributed by atoms with Crippen molar-refractivity contribution in [1.82, 2.24) is 14.9 Å². The number of halogens is 1. The third kappa shape index (κ3) is 3.23. The van der Waals surface area contributed by atoms with E-state index in [1.807, 2.05) is 26.0 Å². The van der Waals surface area contributed by atoms with Crippen LogP contribution in [0.25, 0.3) is 11.0 Å². The van der Waals surface area contributed by atoms with E-state index < -0.39 is 0 Å². The number of carbonyl (C=O) groups is 1. The van der Waals surface area contributed by atoms with Crippen LogP contribution in [0.1, 0.15) is 65.3 Å². The van der Waals surface area contributed by atoms with Crippen molar-refractivity contribution < 1.29 is 13.9 Å². The van der Waals surface area contributed by atoms with Crippen LogP contribution in [0.15, 0.2) is 24.3 Å². The van der Waals surface area contributed by atoms with Crippen LogP contribution in [0.2, 0.25) is 0 Å². The van der Waals surface area contributed by atoms with Crippen LogP contribution in [0.3, 0.4) is 0 Å². The van der Waals surface area contributed by atoms with Crippen molar-refractivity contribution in [3.05, 3.63) is 58.0 Å². The number of nitrogen functional groups attached to an aromatic ring is 1. The summed E-state index contributed by atoms with van der Waals surface area (Å²) in [4.78, 5) is 22.6. The van der Waals surface area contributed by atoms with Gasteiger partial charge in [0.25, 0.3) is 5.91 Å². The monoisotopic (exact) mass is 408 g/mol. The van der Waals surface area contributed by atoms with Crippen LogP contribution in [-0.2, 0) is 24.5 Å². The summed E-state index contributed by atoms with van der Waals surface area (Å²) in [5.41, 5.74) is 11.3. The second kappa shape index (κ2) is 7.09. The molecule has 0 atom stereocenters. The van der Waals surface area contributed by atoms with Crippen LogP contribution >= 0.6 is 0 Å². The van der Waals surface area contributed by atoms with Gasteiger partial charge >= 0.3 is 0 Å². The molecule has 1 aliphatic carbocycles. The Bertz CT molecular complexity index is 1150. The second-order valence-electron chi connectivity index (χ2n) is 8.54. The van der Waals surface area contributed by atoms with Gasteiger partial charge in [-0.2, -0.15) is 0 Å². The average Bonchev–Trinajstić information content (AvgIpc) is 3.27. The van der Waals surface area contributed by atoms with E-state index in [1.54, 1.807) is 17.0 Å². The predicted octanol–water partition coefficient (Wildman–Crippen LogP) is 4.24. The molecule has 1 aliphatic heterocycles. The maximum atomic E-state index is 14.7. The summed E-state index contributed by atoms with van der Waals surface area (Å²) in [5, 5.41) is 0. The molecule has 0 spiro atoms. The number of nitrogens with zero attached hydrogens (tertiary/aromatic N) is 2. The number of fused-ring (bicyclic) bond motifs is 3. The van der Waals surface area contributed by atoms with E-state index in [-0.39, 0.29) is 24.3 Å². The van der Waals surface area contributed by atoms with Crippen LogP contribution in [0.4, 0.5) is 10.2 Å². The third-order valence-electron chi connectivity index (χ3n) is 6.09. The fourth-order valence-electron chi connectivity index (χ4n) is 4.14. The summed E-state index contributed by atoms with van der Waals surface area (Å²) in [6.07, 6.45) is 2.26. The van der Waals surface area contributed by atoms with E-state index in [2.05, 4.69) is 9.97 Å². The Morgan fingerprint density at radius 3 is 2.77 bits per heavy atom. The Kier molecular flexibility index (Phi) is 4.50. The largest absolute Gasteiger partial charge is 0.383 e. The van der Waals surface area contributed by atoms with E-state index >= 15 is 0 Å². The molecule has 1 aromatic carbocycles. The standard InChI is InChI=1S/C23H25FN4O2/c1-12(2)28(9-15-6-5-14(7-18(15)24)13-3-4-13)23(29)20-8-19-21(26-20)16-10-30-11-17(16)22(25)27-19/h5-8,12-13,26H,3-4,9-11H2,1-2H3,(H2,25,27). The van der Waals surface area contributed by atoms with Gasteiger partial charge in [-0.05, 0) is 50.3 Å². The molecule has 30 heavy (non-hydrogen) atoms. The number of ether oxygens (including phenoxy) is 1. The van der Waals surface area contributed by atoms with E-state index in [9.17, 15) is 9.18 Å². The van der Waals surface area contributed by atoms with Crippen molar-refractivity contribution in [2.45, 2.75) is 58.4 Å². The van der Waals surface area contributed by atoms with Crippen LogP contribution in [0, 0.1) is 5.82 Å². The second-order valence-corrected chi connectivity index (χ2v) is 8.54. The SMILES string of the molecule is CC(C)N(Cc1ccc(C2CC2)cc1F)C(=O)c1cc2nc(N)c3c(c2[nH]1)COC3. The summed E-state index contributed by atoms with van der Waals surface area (Å²) >= 11 is 0. The molecule has 2 aromatic heterocycles. The summed E-state index contributed by atoms with van der Waals surface area (Å²) in [6, 6.07) is 7.03. The summed E-state index contributed by atoms with van der Waals surface area (Å²) in [5.74, 6) is 0.485. The molecule has 5 rings (SSSR count). The number of hydrogen-bond donors (Lipinski definition) is 2. The van der Waals surface area contributed by atoms with E-state index in [1.165, 1.54) is 0 Å². The zero-order valence-corrected chi connectivity index (χ0v) is 17.2. The summed E-state index contributed by atoms with van der Waals surface area (Å²) < 4.78 is 20.2. The molecular weight excluding hydrogens is 383 g/mol. The predicted molar refractivity (Wildman–Crippen MR) is 112 cm³/mol. The van der Waals surface area contributed by atoms with E-state index in [0.29, 0.717) is 41.7 Å². The molecule has 0 radical (unpaired) electrons. The highest BCUT2D eigenvalue weighted by molar-refractivity contribution is 5.98. The molecule has 0 unspecified atom stereocenters. The lowest BCUT2D eigenvalue weighted by molar-refractivity contribution is 0.0683. The Morgan fingerprint density at radius 1 is 1.30 bits per heavy atom. The van der Waals surface area contributed by atoms with Crippen LogP contribution in [0.5, 0.6) is 0 Å². The zero-order chi connectivity index (χ0) is 21.0. The highest BCUT2D eigenvalue weighted by Gasteiger charge is 2.27. The Morgan fingerprint density at radius 2 is 2.07 bits per heavy atom. The molecule has 3 N–H and O–H groups in total. The van der Waals surface area contributed by atoms with Crippen LogP contribution in [-0.4, -0.2) is 26.8 Å². The van der Waals surface area contributed by atoms with Crippen molar-refractivity contribution in [2.75, 3.05) is 5.73 Å². The molecule has 1 fully saturated rings. The lowest BCUT2D eigenvalue weighted by Crippen LogP contribution is -2.36. The van der Waals surface area contributed by atoms with Gasteiger partial charge in [0.2, 0.25) is 0 Å². The van der Waals surface area contributed by atoms with Gasteiger partial charge in [-0.25, -0.2) is 9.37 Å². The summed E-state index contributed by atoms with van der Waals surface area (Å²) in [7, 11) is 0. The molecule has 2 aliphatic rings. The smallest absolute Gasteiger partial charge is 0.270 e. The Balaban J connectivity index is 1.45. The van der Waals surface area contributed by atoms with Crippen LogP contribution < -0.4 is 5.73 Å². The fraction of sp³-hybridized carbons (Fsp3) is 0.391. The zero-order valence-electron chi connectivity index (χ0n) is 17.2. The third-order valence-corrected chi connectivity index (χ3v) is 6.09. The number of benzene rings is 1. The first kappa shape index (κ1) is 19.1. The van der Waals surface area contributed by atoms with Gasteiger partial charge in [0, 0.05) is 29.3 Å². The van der Waals surface area contributed by atoms with Gasteiger partial charge in [0.15, 0.2) is 0 Å². The van der Waals surface area contributed by atoms with Crippen molar-refractivity contribution in [1.29, 1.82) is 0 Å². The molecule has 7 heteroatoms. The molecule has 1 saturated carbocycles. The number of anilines is 1. The molecule has 156 valence electrons. The first-order valence-corrected chi connectivity index (χ1v) is 10.4. The topological polar surface area (TPSA) is 84.2 Å². The number of amides is 1.